The van der Waals surface area contributed by atoms with Gasteiger partial charge in [-0.15, -0.1) is 0 Å². The average molecular weight is 222 g/mol. The summed E-state index contributed by atoms with van der Waals surface area (Å²) in [5.74, 6) is -0.618. The lowest BCUT2D eigenvalue weighted by Gasteiger charge is -2.30. The Bertz CT molecular complexity index is 305. The van der Waals surface area contributed by atoms with Gasteiger partial charge in [0.1, 0.15) is 0 Å². The molecule has 0 aromatic carbocycles. The third-order valence-corrected chi connectivity index (χ3v) is 4.11. The molecule has 1 N–H and O–H groups in total. The summed E-state index contributed by atoms with van der Waals surface area (Å²) in [6, 6.07) is 0. The number of rotatable bonds is 2. The first-order valence-corrected chi connectivity index (χ1v) is 6.19. The topological polar surface area (TPSA) is 80.7 Å². The van der Waals surface area contributed by atoms with Crippen LogP contribution in [0.5, 0.6) is 0 Å². The van der Waals surface area contributed by atoms with Gasteiger partial charge in [-0.05, 0) is 12.8 Å². The quantitative estimate of drug-likeness (QED) is 0.636. The average Bonchev–Trinajstić information content (AvgIpc) is 2.11. The second-order valence-electron chi connectivity index (χ2n) is 3.63. The molecular formula is C8H14O5S. The van der Waals surface area contributed by atoms with E-state index in [4.69, 9.17) is 0 Å². The van der Waals surface area contributed by atoms with Crippen molar-refractivity contribution < 1.29 is 23.1 Å². The Kier molecular flexibility index (Phi) is 3.16. The van der Waals surface area contributed by atoms with Crippen molar-refractivity contribution in [1.82, 2.24) is 0 Å². The van der Waals surface area contributed by atoms with Gasteiger partial charge in [0, 0.05) is 0 Å². The monoisotopic (exact) mass is 222 g/mol. The van der Waals surface area contributed by atoms with E-state index in [0.29, 0.717) is 0 Å². The van der Waals surface area contributed by atoms with E-state index in [2.05, 4.69) is 4.74 Å². The smallest absolute Gasteiger partial charge is 0.308 e. The molecule has 1 fully saturated rings. The van der Waals surface area contributed by atoms with E-state index in [-0.39, 0.29) is 30.8 Å². The lowest BCUT2D eigenvalue weighted by Crippen LogP contribution is -2.41. The van der Waals surface area contributed by atoms with E-state index in [9.17, 15) is 18.3 Å². The maximum absolute atomic E-state index is 11.1. The summed E-state index contributed by atoms with van der Waals surface area (Å²) in [5, 5.41) is 9.84. The van der Waals surface area contributed by atoms with Crippen LogP contribution in [0.25, 0.3) is 0 Å². The Hall–Kier alpha value is -0.620. The number of esters is 1. The third kappa shape index (κ3) is 2.95. The van der Waals surface area contributed by atoms with Gasteiger partial charge < -0.3 is 9.84 Å². The Morgan fingerprint density at radius 3 is 2.36 bits per heavy atom. The number of hydrogen-bond acceptors (Lipinski definition) is 5. The maximum Gasteiger partial charge on any atom is 0.308 e. The van der Waals surface area contributed by atoms with Crippen molar-refractivity contribution in [3.05, 3.63) is 0 Å². The fourth-order valence-electron chi connectivity index (χ4n) is 1.44. The zero-order chi connectivity index (χ0) is 10.8. The molecule has 0 amide bonds. The van der Waals surface area contributed by atoms with Gasteiger partial charge >= 0.3 is 5.97 Å². The van der Waals surface area contributed by atoms with Crippen LogP contribution < -0.4 is 0 Å². The van der Waals surface area contributed by atoms with E-state index in [0.717, 1.165) is 0 Å². The minimum absolute atomic E-state index is 0.0551. The van der Waals surface area contributed by atoms with Crippen LogP contribution in [0.2, 0.25) is 0 Å². The van der Waals surface area contributed by atoms with Crippen LogP contribution in [0, 0.1) is 0 Å². The highest BCUT2D eigenvalue weighted by Gasteiger charge is 2.37. The highest BCUT2D eigenvalue weighted by atomic mass is 32.2. The van der Waals surface area contributed by atoms with Gasteiger partial charge in [0.25, 0.3) is 0 Å². The molecule has 0 spiro atoms. The van der Waals surface area contributed by atoms with E-state index < -0.39 is 21.4 Å². The molecule has 1 heterocycles. The Morgan fingerprint density at radius 1 is 1.43 bits per heavy atom. The first kappa shape index (κ1) is 11.5. The van der Waals surface area contributed by atoms with Crippen LogP contribution in [0.3, 0.4) is 0 Å². The van der Waals surface area contributed by atoms with Crippen molar-refractivity contribution in [3.63, 3.8) is 0 Å². The fourth-order valence-corrected chi connectivity index (χ4v) is 3.02. The van der Waals surface area contributed by atoms with Gasteiger partial charge in [-0.25, -0.2) is 8.42 Å². The molecule has 1 aliphatic heterocycles. The molecule has 14 heavy (non-hydrogen) atoms. The molecule has 1 rings (SSSR count). The lowest BCUT2D eigenvalue weighted by atomic mass is 9.93. The summed E-state index contributed by atoms with van der Waals surface area (Å²) < 4.78 is 26.6. The molecule has 0 aliphatic carbocycles. The summed E-state index contributed by atoms with van der Waals surface area (Å²) in [4.78, 5) is 10.9. The van der Waals surface area contributed by atoms with Crippen LogP contribution in [-0.4, -0.2) is 43.7 Å². The van der Waals surface area contributed by atoms with E-state index in [1.54, 1.807) is 0 Å². The van der Waals surface area contributed by atoms with Crippen molar-refractivity contribution in [2.24, 2.45) is 0 Å². The number of carbonyl (C=O) groups excluding carboxylic acids is 1. The van der Waals surface area contributed by atoms with Crippen molar-refractivity contribution >= 4 is 15.8 Å². The highest BCUT2D eigenvalue weighted by Crippen LogP contribution is 2.27. The highest BCUT2D eigenvalue weighted by molar-refractivity contribution is 7.91. The van der Waals surface area contributed by atoms with Crippen molar-refractivity contribution in [2.45, 2.75) is 24.9 Å². The first-order valence-electron chi connectivity index (χ1n) is 4.37. The Balaban J connectivity index is 2.58. The predicted octanol–water partition coefficient (Wildman–Crippen LogP) is -0.511. The van der Waals surface area contributed by atoms with Crippen molar-refractivity contribution in [3.8, 4) is 0 Å². The summed E-state index contributed by atoms with van der Waals surface area (Å²) in [7, 11) is -1.77. The molecule has 5 nitrogen and oxygen atoms in total. The largest absolute Gasteiger partial charge is 0.469 e. The normalized spacial score (nSPS) is 24.1. The number of hydrogen-bond donors (Lipinski definition) is 1. The van der Waals surface area contributed by atoms with Crippen LogP contribution in [0.15, 0.2) is 0 Å². The molecular weight excluding hydrogens is 208 g/mol. The molecule has 0 atom stereocenters. The number of carbonyl (C=O) groups is 1. The molecule has 0 radical (unpaired) electrons. The third-order valence-electron chi connectivity index (χ3n) is 2.46. The molecule has 1 saturated heterocycles. The lowest BCUT2D eigenvalue weighted by molar-refractivity contribution is -0.146. The number of methoxy groups -OCH3 is 1. The zero-order valence-electron chi connectivity index (χ0n) is 8.02. The molecule has 1 aliphatic rings. The van der Waals surface area contributed by atoms with Crippen LogP contribution in [-0.2, 0) is 19.4 Å². The summed E-state index contributed by atoms with van der Waals surface area (Å²) >= 11 is 0. The van der Waals surface area contributed by atoms with Gasteiger partial charge in [-0.2, -0.15) is 0 Å². The molecule has 6 heteroatoms. The minimum atomic E-state index is -3.01. The van der Waals surface area contributed by atoms with Gasteiger partial charge in [0.05, 0.1) is 30.6 Å². The number of ether oxygens (including phenoxy) is 1. The predicted molar refractivity (Wildman–Crippen MR) is 49.5 cm³/mol. The maximum atomic E-state index is 11.1. The van der Waals surface area contributed by atoms with Crippen LogP contribution >= 0.6 is 0 Å². The fraction of sp³-hybridized carbons (Fsp3) is 0.875. The van der Waals surface area contributed by atoms with Crippen LogP contribution in [0.4, 0.5) is 0 Å². The summed E-state index contributed by atoms with van der Waals surface area (Å²) in [6.07, 6.45) is 0.105. The number of aliphatic hydroxyl groups is 1. The second-order valence-corrected chi connectivity index (χ2v) is 5.93. The SMILES string of the molecule is COC(=O)CC1(O)CCS(=O)(=O)CC1. The molecule has 0 aromatic heterocycles. The minimum Gasteiger partial charge on any atom is -0.469 e. The van der Waals surface area contributed by atoms with E-state index >= 15 is 0 Å². The Labute approximate surface area is 83.0 Å². The Morgan fingerprint density at radius 2 is 1.93 bits per heavy atom. The standard InChI is InChI=1S/C8H14O5S/c1-13-7(9)6-8(10)2-4-14(11,12)5-3-8/h10H,2-6H2,1H3. The second kappa shape index (κ2) is 3.86. The van der Waals surface area contributed by atoms with Gasteiger partial charge in [0.15, 0.2) is 9.84 Å². The summed E-state index contributed by atoms with van der Waals surface area (Å²) in [6.45, 7) is 0. The van der Waals surface area contributed by atoms with E-state index in [1.165, 1.54) is 7.11 Å². The number of sulfone groups is 1. The van der Waals surface area contributed by atoms with Crippen molar-refractivity contribution in [2.75, 3.05) is 18.6 Å². The summed E-state index contributed by atoms with van der Waals surface area (Å²) in [5.41, 5.74) is -1.20. The van der Waals surface area contributed by atoms with Crippen LogP contribution in [0.1, 0.15) is 19.3 Å². The van der Waals surface area contributed by atoms with Gasteiger partial charge in [-0.3, -0.25) is 4.79 Å². The zero-order valence-corrected chi connectivity index (χ0v) is 8.84. The molecule has 0 unspecified atom stereocenters. The molecule has 0 saturated carbocycles. The first-order chi connectivity index (χ1) is 6.37. The van der Waals surface area contributed by atoms with Crippen molar-refractivity contribution in [1.29, 1.82) is 0 Å². The molecule has 0 bridgehead atoms. The van der Waals surface area contributed by atoms with Gasteiger partial charge in [-0.1, -0.05) is 0 Å². The van der Waals surface area contributed by atoms with Gasteiger partial charge in [0.2, 0.25) is 0 Å². The van der Waals surface area contributed by atoms with E-state index in [1.807, 2.05) is 0 Å². The molecule has 82 valence electrons. The molecule has 0 aromatic rings.